The van der Waals surface area contributed by atoms with Gasteiger partial charge in [0.05, 0.1) is 12.7 Å². The van der Waals surface area contributed by atoms with Crippen LogP contribution in [-0.4, -0.2) is 74.7 Å². The van der Waals surface area contributed by atoms with Crippen molar-refractivity contribution < 1.29 is 9.53 Å². The molecule has 0 radical (unpaired) electrons. The molecule has 1 heterocycles. The highest BCUT2D eigenvalue weighted by atomic mass is 16.5. The summed E-state index contributed by atoms with van der Waals surface area (Å²) < 4.78 is 5.76. The fraction of sp³-hybridized carbons (Fsp3) is 0.933. The Bertz CT molecular complexity index is 284. The summed E-state index contributed by atoms with van der Waals surface area (Å²) in [6.07, 6.45) is 0.709. The zero-order chi connectivity index (χ0) is 15.0. The number of hydrogen-bond donors (Lipinski definition) is 1. The molecule has 1 saturated heterocycles. The lowest BCUT2D eigenvalue weighted by Gasteiger charge is -2.34. The molecule has 0 spiro atoms. The predicted octanol–water partition coefficient (Wildman–Crippen LogP) is 0.801. The second kappa shape index (κ2) is 9.32. The van der Waals surface area contributed by atoms with Crippen LogP contribution >= 0.6 is 0 Å². The first-order valence-corrected chi connectivity index (χ1v) is 7.81. The van der Waals surface area contributed by atoms with Gasteiger partial charge in [-0.3, -0.25) is 9.69 Å². The van der Waals surface area contributed by atoms with Gasteiger partial charge in [0.1, 0.15) is 0 Å². The number of carbonyl (C=O) groups is 1. The van der Waals surface area contributed by atoms with Crippen LogP contribution in [0.25, 0.3) is 0 Å². The van der Waals surface area contributed by atoms with Crippen LogP contribution in [0.3, 0.4) is 0 Å². The van der Waals surface area contributed by atoms with Gasteiger partial charge in [-0.2, -0.15) is 0 Å². The van der Waals surface area contributed by atoms with Crippen LogP contribution < -0.4 is 5.32 Å². The Morgan fingerprint density at radius 3 is 2.90 bits per heavy atom. The van der Waals surface area contributed by atoms with E-state index in [0.29, 0.717) is 18.9 Å². The van der Waals surface area contributed by atoms with E-state index in [2.05, 4.69) is 24.1 Å². The van der Waals surface area contributed by atoms with Crippen LogP contribution in [0, 0.1) is 5.92 Å². The van der Waals surface area contributed by atoms with E-state index in [-0.39, 0.29) is 12.0 Å². The van der Waals surface area contributed by atoms with Crippen molar-refractivity contribution >= 4 is 5.91 Å². The molecule has 0 aromatic carbocycles. The van der Waals surface area contributed by atoms with Crippen molar-refractivity contribution in [3.8, 4) is 0 Å². The average Bonchev–Trinajstić information content (AvgIpc) is 2.43. The summed E-state index contributed by atoms with van der Waals surface area (Å²) in [4.78, 5) is 15.8. The second-order valence-corrected chi connectivity index (χ2v) is 6.02. The molecular weight excluding hydrogens is 254 g/mol. The molecule has 0 unspecified atom stereocenters. The maximum Gasteiger partial charge on any atom is 0.222 e. The molecule has 5 heteroatoms. The smallest absolute Gasteiger partial charge is 0.222 e. The van der Waals surface area contributed by atoms with Crippen molar-refractivity contribution in [3.63, 3.8) is 0 Å². The molecule has 1 N–H and O–H groups in total. The zero-order valence-corrected chi connectivity index (χ0v) is 13.5. The Balaban J connectivity index is 2.23. The lowest BCUT2D eigenvalue weighted by molar-refractivity contribution is -0.132. The summed E-state index contributed by atoms with van der Waals surface area (Å²) in [7, 11) is 1.86. The number of rotatable bonds is 8. The minimum absolute atomic E-state index is 0.148. The number of nitrogens with zero attached hydrogens (tertiary/aromatic N) is 2. The monoisotopic (exact) mass is 285 g/mol. The maximum absolute atomic E-state index is 11.6. The number of carbonyl (C=O) groups excluding carboxylic acids is 1. The van der Waals surface area contributed by atoms with Gasteiger partial charge < -0.3 is 15.0 Å². The molecule has 0 bridgehead atoms. The molecule has 1 aliphatic heterocycles. The summed E-state index contributed by atoms with van der Waals surface area (Å²) in [6, 6.07) is 0. The zero-order valence-electron chi connectivity index (χ0n) is 13.5. The molecule has 0 aromatic rings. The van der Waals surface area contributed by atoms with Crippen LogP contribution in [0.4, 0.5) is 0 Å². The van der Waals surface area contributed by atoms with Crippen LogP contribution in [0.5, 0.6) is 0 Å². The fourth-order valence-corrected chi connectivity index (χ4v) is 2.40. The van der Waals surface area contributed by atoms with Crippen molar-refractivity contribution in [1.29, 1.82) is 0 Å². The van der Waals surface area contributed by atoms with Gasteiger partial charge in [-0.15, -0.1) is 0 Å². The van der Waals surface area contributed by atoms with E-state index < -0.39 is 0 Å². The van der Waals surface area contributed by atoms with E-state index in [1.165, 1.54) is 0 Å². The maximum atomic E-state index is 11.6. The minimum Gasteiger partial charge on any atom is -0.374 e. The fourth-order valence-electron chi connectivity index (χ4n) is 2.40. The van der Waals surface area contributed by atoms with Gasteiger partial charge in [-0.25, -0.2) is 0 Å². The Morgan fingerprint density at radius 1 is 1.50 bits per heavy atom. The Kier molecular flexibility index (Phi) is 8.11. The molecular formula is C15H31N3O2. The SMILES string of the molecule is CCC(=O)N(C)C[C@@H]1CN(CCNCC(C)C)CCO1. The Morgan fingerprint density at radius 2 is 2.25 bits per heavy atom. The van der Waals surface area contributed by atoms with Crippen LogP contribution in [0.1, 0.15) is 27.2 Å². The third-order valence-electron chi connectivity index (χ3n) is 3.59. The van der Waals surface area contributed by atoms with Gasteiger partial charge in [0, 0.05) is 46.2 Å². The van der Waals surface area contributed by atoms with E-state index >= 15 is 0 Å². The van der Waals surface area contributed by atoms with Crippen LogP contribution in [0.2, 0.25) is 0 Å². The summed E-state index contributed by atoms with van der Waals surface area (Å²) in [5.74, 6) is 0.880. The van der Waals surface area contributed by atoms with E-state index in [4.69, 9.17) is 4.74 Å². The lowest BCUT2D eigenvalue weighted by Crippen LogP contribution is -2.49. The molecule has 0 saturated carbocycles. The average molecular weight is 285 g/mol. The van der Waals surface area contributed by atoms with Crippen LogP contribution in [-0.2, 0) is 9.53 Å². The van der Waals surface area contributed by atoms with Gasteiger partial charge >= 0.3 is 0 Å². The van der Waals surface area contributed by atoms with Crippen molar-refractivity contribution in [2.24, 2.45) is 5.92 Å². The third kappa shape index (κ3) is 6.68. The van der Waals surface area contributed by atoms with Crippen LogP contribution in [0.15, 0.2) is 0 Å². The largest absolute Gasteiger partial charge is 0.374 e. The molecule has 1 aliphatic rings. The van der Waals surface area contributed by atoms with Crippen molar-refractivity contribution in [2.45, 2.75) is 33.3 Å². The van der Waals surface area contributed by atoms with Gasteiger partial charge in [0.2, 0.25) is 5.91 Å². The van der Waals surface area contributed by atoms with E-state index in [1.807, 2.05) is 14.0 Å². The molecule has 1 amide bonds. The molecule has 1 fully saturated rings. The van der Waals surface area contributed by atoms with E-state index in [0.717, 1.165) is 39.3 Å². The topological polar surface area (TPSA) is 44.8 Å². The molecule has 118 valence electrons. The predicted molar refractivity (Wildman–Crippen MR) is 81.8 cm³/mol. The quantitative estimate of drug-likeness (QED) is 0.670. The normalized spacial score (nSPS) is 20.4. The second-order valence-electron chi connectivity index (χ2n) is 6.02. The number of ether oxygens (including phenoxy) is 1. The van der Waals surface area contributed by atoms with Crippen molar-refractivity contribution in [1.82, 2.24) is 15.1 Å². The molecule has 0 aliphatic carbocycles. The molecule has 5 nitrogen and oxygen atoms in total. The number of nitrogens with one attached hydrogen (secondary N) is 1. The molecule has 20 heavy (non-hydrogen) atoms. The summed E-state index contributed by atoms with van der Waals surface area (Å²) >= 11 is 0. The summed E-state index contributed by atoms with van der Waals surface area (Å²) in [5, 5.41) is 3.47. The molecule has 1 rings (SSSR count). The van der Waals surface area contributed by atoms with E-state index in [9.17, 15) is 4.79 Å². The first-order valence-electron chi connectivity index (χ1n) is 7.81. The molecule has 0 aromatic heterocycles. The number of morpholine rings is 1. The third-order valence-corrected chi connectivity index (χ3v) is 3.59. The van der Waals surface area contributed by atoms with Gasteiger partial charge in [0.15, 0.2) is 0 Å². The number of amides is 1. The van der Waals surface area contributed by atoms with Gasteiger partial charge in [0.25, 0.3) is 0 Å². The first kappa shape index (κ1) is 17.4. The van der Waals surface area contributed by atoms with Crippen molar-refractivity contribution in [2.75, 3.05) is 52.9 Å². The molecule has 1 atom stereocenters. The Hall–Kier alpha value is -0.650. The number of likely N-dealkylation sites (N-methyl/N-ethyl adjacent to an activating group) is 1. The summed E-state index contributed by atoms with van der Waals surface area (Å²) in [5.41, 5.74) is 0. The van der Waals surface area contributed by atoms with Gasteiger partial charge in [-0.05, 0) is 12.5 Å². The highest BCUT2D eigenvalue weighted by Crippen LogP contribution is 2.06. The van der Waals surface area contributed by atoms with Crippen molar-refractivity contribution in [3.05, 3.63) is 0 Å². The first-order chi connectivity index (χ1) is 9.52. The van der Waals surface area contributed by atoms with E-state index in [1.54, 1.807) is 4.90 Å². The Labute approximate surface area is 123 Å². The minimum atomic E-state index is 0.148. The highest BCUT2D eigenvalue weighted by Gasteiger charge is 2.22. The lowest BCUT2D eigenvalue weighted by atomic mass is 10.2. The standard InChI is InChI=1S/C15H31N3O2/c1-5-15(19)17(4)11-14-12-18(8-9-20-14)7-6-16-10-13(2)3/h13-14,16H,5-12H2,1-4H3/t14-/m1/s1. The highest BCUT2D eigenvalue weighted by molar-refractivity contribution is 5.75. The number of hydrogen-bond acceptors (Lipinski definition) is 4. The summed E-state index contributed by atoms with van der Waals surface area (Å²) in [6.45, 7) is 12.9. The van der Waals surface area contributed by atoms with Gasteiger partial charge in [-0.1, -0.05) is 20.8 Å².